The fourth-order valence-electron chi connectivity index (χ4n) is 14.2. The van der Waals surface area contributed by atoms with Gasteiger partial charge < -0.3 is 14.2 Å². The summed E-state index contributed by atoms with van der Waals surface area (Å²) in [6.07, 6.45) is 13.4. The van der Waals surface area contributed by atoms with Gasteiger partial charge in [-0.25, -0.2) is 0 Å². The average molecular weight is 761 g/mol. The van der Waals surface area contributed by atoms with Crippen LogP contribution in [0, 0.1) is 62.1 Å². The van der Waals surface area contributed by atoms with Gasteiger partial charge in [-0.2, -0.15) is 0 Å². The lowest BCUT2D eigenvalue weighted by Crippen LogP contribution is -2.66. The highest BCUT2D eigenvalue weighted by atomic mass is 16.5. The Balaban J connectivity index is 0.00000285. The molecule has 0 N–H and O–H groups in total. The first-order valence-electron chi connectivity index (χ1n) is 21.9. The molecule has 55 heavy (non-hydrogen) atoms. The third-order valence-electron chi connectivity index (χ3n) is 17.0. The van der Waals surface area contributed by atoms with Gasteiger partial charge in [-0.3, -0.25) is 14.4 Å². The van der Waals surface area contributed by atoms with Gasteiger partial charge in [-0.05, 0) is 140 Å². The summed E-state index contributed by atoms with van der Waals surface area (Å²) < 4.78 is 17.1. The Morgan fingerprint density at radius 3 is 2.11 bits per heavy atom. The van der Waals surface area contributed by atoms with Gasteiger partial charge in [0.1, 0.15) is 12.7 Å². The van der Waals surface area contributed by atoms with Crippen molar-refractivity contribution in [2.45, 2.75) is 172 Å². The topological polar surface area (TPSA) is 78.9 Å². The van der Waals surface area contributed by atoms with Crippen LogP contribution < -0.4 is 0 Å². The van der Waals surface area contributed by atoms with Crippen molar-refractivity contribution in [3.63, 3.8) is 0 Å². The van der Waals surface area contributed by atoms with E-state index in [-0.39, 0.29) is 70.5 Å². The van der Waals surface area contributed by atoms with E-state index in [0.717, 1.165) is 31.2 Å². The summed E-state index contributed by atoms with van der Waals surface area (Å²) in [7, 11) is 1.52. The maximum absolute atomic E-state index is 13.6. The lowest BCUT2D eigenvalue weighted by Gasteiger charge is -2.73. The fourth-order valence-corrected chi connectivity index (χ4v) is 14.2. The fraction of sp³-hybridized carbons (Fsp3) is 0.776. The lowest BCUT2D eigenvalue weighted by molar-refractivity contribution is -0.250. The molecular weight excluding hydrogens is 685 g/mol. The third-order valence-corrected chi connectivity index (χ3v) is 17.0. The molecule has 1 aromatic carbocycles. The summed E-state index contributed by atoms with van der Waals surface area (Å²) >= 11 is 0. The van der Waals surface area contributed by atoms with Crippen LogP contribution in [0.25, 0.3) is 0 Å². The molecule has 4 unspecified atom stereocenters. The van der Waals surface area contributed by atoms with E-state index in [2.05, 4.69) is 48.1 Å². The SMILES string of the molecule is C=C(C)[C@@H]1CC[C@]2(CCC(=O)OC)CC[C@]3(C)C(CCC4[C@@]5(C)CC[C@H](OC(=O)CC(C)(C)CC(=O)OCc6ccccc6)C(C)(C)C5CC[C@]43C)C12.CC. The van der Waals surface area contributed by atoms with E-state index in [4.69, 9.17) is 14.2 Å². The number of rotatable bonds is 11. The van der Waals surface area contributed by atoms with Crippen LogP contribution in [0.4, 0.5) is 0 Å². The second-order valence-corrected chi connectivity index (χ2v) is 20.6. The number of ether oxygens (including phenoxy) is 3. The van der Waals surface area contributed by atoms with Crippen LogP contribution in [0.3, 0.4) is 0 Å². The molecule has 6 nitrogen and oxygen atoms in total. The summed E-state index contributed by atoms with van der Waals surface area (Å²) in [5, 5.41) is 0. The zero-order valence-corrected chi connectivity index (χ0v) is 36.6. The zero-order valence-electron chi connectivity index (χ0n) is 36.6. The molecule has 0 heterocycles. The van der Waals surface area contributed by atoms with E-state index >= 15 is 0 Å². The van der Waals surface area contributed by atoms with E-state index in [1.165, 1.54) is 57.6 Å². The van der Waals surface area contributed by atoms with Gasteiger partial charge in [-0.15, -0.1) is 0 Å². The maximum atomic E-state index is 13.6. The second kappa shape index (κ2) is 16.3. The highest BCUT2D eigenvalue weighted by Crippen LogP contribution is 2.78. The Bertz CT molecular complexity index is 1550. The number of allylic oxidation sites excluding steroid dienone is 1. The van der Waals surface area contributed by atoms with Crippen molar-refractivity contribution in [3.8, 4) is 0 Å². The van der Waals surface area contributed by atoms with Crippen molar-refractivity contribution in [1.29, 1.82) is 0 Å². The Kier molecular flexibility index (Phi) is 12.9. The number of carbonyl (C=O) groups is 3. The monoisotopic (exact) mass is 761 g/mol. The summed E-state index contributed by atoms with van der Waals surface area (Å²) in [4.78, 5) is 38.7. The molecule has 6 heteroatoms. The molecule has 1 aromatic rings. The molecule has 6 rings (SSSR count). The van der Waals surface area contributed by atoms with Gasteiger partial charge in [0.2, 0.25) is 0 Å². The number of esters is 3. The Labute approximate surface area is 334 Å². The number of hydrogen-bond donors (Lipinski definition) is 0. The standard InChI is InChI=1S/C47H70O6.C2H6/c1-31(2)33-18-24-47(25-21-38(48)51-10)27-26-45(8)34(41(33)47)16-17-36-44(7)22-20-37(43(5,6)35(44)19-23-46(36,45)9)53-40(50)29-42(3,4)28-39(49)52-30-32-14-12-11-13-15-32;1-2/h11-15,33-37,41H,1,16-30H2,2-10H3;1-2H3/t33-,34?,35?,36?,37-,41?,44-,45+,46+,47-;/m0./s1. The van der Waals surface area contributed by atoms with E-state index in [0.29, 0.717) is 36.0 Å². The second-order valence-electron chi connectivity index (χ2n) is 20.6. The minimum Gasteiger partial charge on any atom is -0.469 e. The quantitative estimate of drug-likeness (QED) is 0.127. The highest BCUT2D eigenvalue weighted by Gasteiger charge is 2.71. The predicted molar refractivity (Wildman–Crippen MR) is 221 cm³/mol. The van der Waals surface area contributed by atoms with Gasteiger partial charge in [0.05, 0.1) is 20.0 Å². The van der Waals surface area contributed by atoms with Gasteiger partial charge >= 0.3 is 17.9 Å². The van der Waals surface area contributed by atoms with Crippen LogP contribution in [0.5, 0.6) is 0 Å². The van der Waals surface area contributed by atoms with E-state index in [1.54, 1.807) is 0 Å². The molecule has 0 bridgehead atoms. The predicted octanol–water partition coefficient (Wildman–Crippen LogP) is 12.1. The molecule has 5 saturated carbocycles. The third kappa shape index (κ3) is 7.97. The molecule has 0 saturated heterocycles. The summed E-state index contributed by atoms with van der Waals surface area (Å²) in [5.74, 6) is 2.30. The van der Waals surface area contributed by atoms with Crippen LogP contribution in [-0.4, -0.2) is 31.1 Å². The van der Waals surface area contributed by atoms with Crippen molar-refractivity contribution in [2.75, 3.05) is 7.11 Å². The van der Waals surface area contributed by atoms with Crippen molar-refractivity contribution in [2.24, 2.45) is 62.1 Å². The van der Waals surface area contributed by atoms with Crippen molar-refractivity contribution >= 4 is 17.9 Å². The van der Waals surface area contributed by atoms with Crippen molar-refractivity contribution in [1.82, 2.24) is 0 Å². The number of fused-ring (bicyclic) bond motifs is 7. The highest BCUT2D eigenvalue weighted by molar-refractivity contribution is 5.74. The number of hydrogen-bond acceptors (Lipinski definition) is 6. The van der Waals surface area contributed by atoms with Crippen LogP contribution in [0.1, 0.15) is 165 Å². The van der Waals surface area contributed by atoms with E-state index in [1.807, 2.05) is 58.0 Å². The first-order valence-corrected chi connectivity index (χ1v) is 21.9. The minimum atomic E-state index is -0.557. The zero-order chi connectivity index (χ0) is 40.6. The molecule has 10 atom stereocenters. The molecule has 0 radical (unpaired) electrons. The van der Waals surface area contributed by atoms with E-state index in [9.17, 15) is 14.4 Å². The smallest absolute Gasteiger partial charge is 0.306 e. The normalized spacial score (nSPS) is 37.4. The van der Waals surface area contributed by atoms with Crippen LogP contribution in [0.2, 0.25) is 0 Å². The van der Waals surface area contributed by atoms with Gasteiger partial charge in [0.15, 0.2) is 0 Å². The molecule has 5 aliphatic rings. The van der Waals surface area contributed by atoms with Gasteiger partial charge in [0.25, 0.3) is 0 Å². The van der Waals surface area contributed by atoms with Crippen LogP contribution in [-0.2, 0) is 35.2 Å². The van der Waals surface area contributed by atoms with Crippen molar-refractivity contribution < 1.29 is 28.6 Å². The molecule has 0 amide bonds. The number of methoxy groups -OCH3 is 1. The molecular formula is C49H76O6. The van der Waals surface area contributed by atoms with E-state index < -0.39 is 5.41 Å². The summed E-state index contributed by atoms with van der Waals surface area (Å²) in [6, 6.07) is 9.69. The maximum Gasteiger partial charge on any atom is 0.306 e. The molecule has 0 spiro atoms. The van der Waals surface area contributed by atoms with Crippen molar-refractivity contribution in [3.05, 3.63) is 48.0 Å². The Morgan fingerprint density at radius 2 is 1.45 bits per heavy atom. The Morgan fingerprint density at radius 1 is 0.782 bits per heavy atom. The average Bonchev–Trinajstić information content (AvgIpc) is 3.52. The summed E-state index contributed by atoms with van der Waals surface area (Å²) in [6.45, 7) is 27.6. The number of carbonyl (C=O) groups excluding carboxylic acids is 3. The number of benzene rings is 1. The molecule has 308 valence electrons. The minimum absolute atomic E-state index is 0.0704. The largest absolute Gasteiger partial charge is 0.469 e. The van der Waals surface area contributed by atoms with Crippen LogP contribution in [0.15, 0.2) is 42.5 Å². The molecule has 5 aliphatic carbocycles. The lowest BCUT2D eigenvalue weighted by atomic mass is 9.32. The first-order chi connectivity index (χ1) is 25.8. The Hall–Kier alpha value is -2.63. The van der Waals surface area contributed by atoms with Gasteiger partial charge in [-0.1, -0.05) is 105 Å². The van der Waals surface area contributed by atoms with Crippen LogP contribution >= 0.6 is 0 Å². The molecule has 5 fully saturated rings. The van der Waals surface area contributed by atoms with Gasteiger partial charge in [0, 0.05) is 11.8 Å². The molecule has 0 aliphatic heterocycles. The summed E-state index contributed by atoms with van der Waals surface area (Å²) in [5.41, 5.74) is 2.45. The first kappa shape index (κ1) is 43.5. The molecule has 0 aromatic heterocycles.